The lowest BCUT2D eigenvalue weighted by molar-refractivity contribution is 0.0636. The van der Waals surface area contributed by atoms with E-state index >= 15 is 0 Å². The van der Waals surface area contributed by atoms with Crippen LogP contribution in [0.4, 0.5) is 0 Å². The van der Waals surface area contributed by atoms with Gasteiger partial charge < -0.3 is 4.74 Å². The molecule has 1 saturated heterocycles. The van der Waals surface area contributed by atoms with Crippen LogP contribution in [0.3, 0.4) is 0 Å². The fourth-order valence-electron chi connectivity index (χ4n) is 0.955. The molecule has 0 saturated carbocycles. The minimum absolute atomic E-state index is 0.258. The van der Waals surface area contributed by atoms with Gasteiger partial charge in [-0.3, -0.25) is 5.32 Å². The molecule has 0 aromatic heterocycles. The normalized spacial score (nSPS) is 26.7. The number of hydrogen-bond acceptors (Lipinski definition) is 2. The maximum absolute atomic E-state index is 5.22. The van der Waals surface area contributed by atoms with E-state index in [4.69, 9.17) is 4.74 Å². The van der Waals surface area contributed by atoms with E-state index in [1.807, 2.05) is 0 Å². The van der Waals surface area contributed by atoms with Crippen molar-refractivity contribution in [3.63, 3.8) is 0 Å². The molecule has 0 bridgehead atoms. The van der Waals surface area contributed by atoms with E-state index in [2.05, 4.69) is 17.6 Å². The number of morpholine rings is 1. The smallest absolute Gasteiger partial charge is 0.0973 e. The van der Waals surface area contributed by atoms with E-state index in [0.717, 1.165) is 32.7 Å². The first-order valence-corrected chi connectivity index (χ1v) is 3.91. The Labute approximate surface area is 62.1 Å². The van der Waals surface area contributed by atoms with Crippen molar-refractivity contribution >= 4 is 0 Å². The van der Waals surface area contributed by atoms with Crippen LogP contribution >= 0.6 is 0 Å². The Balaban J connectivity index is 2.02. The summed E-state index contributed by atoms with van der Waals surface area (Å²) in [6.07, 6.45) is 1.42. The lowest BCUT2D eigenvalue weighted by Gasteiger charge is -2.22. The zero-order valence-corrected chi connectivity index (χ0v) is 6.47. The van der Waals surface area contributed by atoms with Crippen LogP contribution in [0.1, 0.15) is 13.3 Å². The zero-order chi connectivity index (χ0) is 7.23. The van der Waals surface area contributed by atoms with Crippen LogP contribution in [-0.2, 0) is 4.74 Å². The highest BCUT2D eigenvalue weighted by Crippen LogP contribution is 1.90. The molecule has 3 heteroatoms. The highest BCUT2D eigenvalue weighted by Gasteiger charge is 2.11. The summed E-state index contributed by atoms with van der Waals surface area (Å²) in [6.45, 7) is 5.58. The van der Waals surface area contributed by atoms with Gasteiger partial charge in [-0.25, -0.2) is 5.32 Å². The van der Waals surface area contributed by atoms with Gasteiger partial charge in [0.2, 0.25) is 0 Å². The van der Waals surface area contributed by atoms with Crippen molar-refractivity contribution in [1.82, 2.24) is 10.6 Å². The maximum atomic E-state index is 5.22. The van der Waals surface area contributed by atoms with E-state index in [9.17, 15) is 0 Å². The quantitative estimate of drug-likeness (QED) is 0.601. The molecule has 1 atom stereocenters. The fraction of sp³-hybridized carbons (Fsp3) is 1.00. The first kappa shape index (κ1) is 7.98. The summed E-state index contributed by atoms with van der Waals surface area (Å²) >= 11 is 0. The molecule has 1 rings (SSSR count). The molecule has 0 aliphatic carbocycles. The van der Waals surface area contributed by atoms with E-state index in [1.54, 1.807) is 0 Å². The second-order valence-corrected chi connectivity index (χ2v) is 2.45. The van der Waals surface area contributed by atoms with Crippen LogP contribution in [-0.4, -0.2) is 32.5 Å². The Hall–Kier alpha value is -0.120. The second kappa shape index (κ2) is 4.66. The molecule has 0 aromatic carbocycles. The molecule has 1 aliphatic rings. The minimum Gasteiger partial charge on any atom is -0.377 e. The standard InChI is InChI=1S/C7H15N2O/c1-2-3-8-7-6-10-5-4-9-7/h7-8H,2-6H2,1H3. The monoisotopic (exact) mass is 143 g/mol. The van der Waals surface area contributed by atoms with Gasteiger partial charge in [0.25, 0.3) is 0 Å². The number of ether oxygens (including phenoxy) is 1. The highest BCUT2D eigenvalue weighted by molar-refractivity contribution is 4.66. The number of hydrogen-bond donors (Lipinski definition) is 1. The van der Waals surface area contributed by atoms with Gasteiger partial charge in [-0.1, -0.05) is 6.92 Å². The third kappa shape index (κ3) is 2.64. The summed E-state index contributed by atoms with van der Waals surface area (Å²) in [7, 11) is 0. The molecule has 1 heterocycles. The van der Waals surface area contributed by atoms with Crippen molar-refractivity contribution in [3.8, 4) is 0 Å². The van der Waals surface area contributed by atoms with Crippen molar-refractivity contribution in [2.24, 2.45) is 0 Å². The number of rotatable bonds is 3. The average Bonchev–Trinajstić information content (AvgIpc) is 2.03. The van der Waals surface area contributed by atoms with Crippen molar-refractivity contribution in [2.45, 2.75) is 19.5 Å². The van der Waals surface area contributed by atoms with E-state index in [0.29, 0.717) is 0 Å². The van der Waals surface area contributed by atoms with E-state index < -0.39 is 0 Å². The predicted octanol–water partition coefficient (Wildman–Crippen LogP) is -0.0533. The number of nitrogens with one attached hydrogen (secondary N) is 1. The SMILES string of the molecule is CCCNC1COCC[N]1. The van der Waals surface area contributed by atoms with Gasteiger partial charge >= 0.3 is 0 Å². The zero-order valence-electron chi connectivity index (χ0n) is 6.47. The van der Waals surface area contributed by atoms with Crippen molar-refractivity contribution in [1.29, 1.82) is 0 Å². The van der Waals surface area contributed by atoms with Gasteiger partial charge in [-0.15, -0.1) is 0 Å². The number of nitrogens with zero attached hydrogens (tertiary/aromatic N) is 1. The minimum atomic E-state index is 0.258. The molecule has 0 aromatic rings. The Kier molecular flexibility index (Phi) is 3.72. The Morgan fingerprint density at radius 1 is 1.70 bits per heavy atom. The lowest BCUT2D eigenvalue weighted by Crippen LogP contribution is -2.46. The van der Waals surface area contributed by atoms with Gasteiger partial charge in [-0.05, 0) is 13.0 Å². The van der Waals surface area contributed by atoms with Gasteiger partial charge in [0.1, 0.15) is 0 Å². The topological polar surface area (TPSA) is 35.4 Å². The van der Waals surface area contributed by atoms with Gasteiger partial charge in [0.15, 0.2) is 0 Å². The van der Waals surface area contributed by atoms with Crippen molar-refractivity contribution in [3.05, 3.63) is 0 Å². The summed E-state index contributed by atoms with van der Waals surface area (Å²) < 4.78 is 5.22. The summed E-state index contributed by atoms with van der Waals surface area (Å²) in [5.74, 6) is 0. The summed E-state index contributed by atoms with van der Waals surface area (Å²) in [6, 6.07) is 0. The fourth-order valence-corrected chi connectivity index (χ4v) is 0.955. The van der Waals surface area contributed by atoms with Crippen LogP contribution < -0.4 is 10.6 Å². The van der Waals surface area contributed by atoms with Gasteiger partial charge in [0.05, 0.1) is 19.4 Å². The Bertz CT molecular complexity index is 81.7. The van der Waals surface area contributed by atoms with E-state index in [1.165, 1.54) is 0 Å². The van der Waals surface area contributed by atoms with Crippen LogP contribution in [0.25, 0.3) is 0 Å². The molecule has 1 unspecified atom stereocenters. The molecular formula is C7H15N2O. The average molecular weight is 143 g/mol. The molecule has 3 nitrogen and oxygen atoms in total. The van der Waals surface area contributed by atoms with Crippen molar-refractivity contribution < 1.29 is 4.74 Å². The first-order chi connectivity index (χ1) is 4.93. The van der Waals surface area contributed by atoms with Crippen LogP contribution in [0.5, 0.6) is 0 Å². The summed E-state index contributed by atoms with van der Waals surface area (Å²) in [5, 5.41) is 7.61. The largest absolute Gasteiger partial charge is 0.377 e. The summed E-state index contributed by atoms with van der Waals surface area (Å²) in [5.41, 5.74) is 0. The lowest BCUT2D eigenvalue weighted by atomic mass is 10.4. The molecule has 1 radical (unpaired) electrons. The molecule has 1 N–H and O–H groups in total. The second-order valence-electron chi connectivity index (χ2n) is 2.45. The molecule has 10 heavy (non-hydrogen) atoms. The van der Waals surface area contributed by atoms with Gasteiger partial charge in [0, 0.05) is 6.54 Å². The Morgan fingerprint density at radius 2 is 2.60 bits per heavy atom. The third-order valence-electron chi connectivity index (χ3n) is 1.49. The summed E-state index contributed by atoms with van der Waals surface area (Å²) in [4.78, 5) is 0. The van der Waals surface area contributed by atoms with Crippen LogP contribution in [0.15, 0.2) is 0 Å². The molecule has 0 spiro atoms. The molecular weight excluding hydrogens is 128 g/mol. The third-order valence-corrected chi connectivity index (χ3v) is 1.49. The maximum Gasteiger partial charge on any atom is 0.0973 e. The predicted molar refractivity (Wildman–Crippen MR) is 39.9 cm³/mol. The van der Waals surface area contributed by atoms with Crippen LogP contribution in [0, 0.1) is 0 Å². The molecule has 1 aliphatic heterocycles. The Morgan fingerprint density at radius 3 is 3.20 bits per heavy atom. The van der Waals surface area contributed by atoms with Crippen molar-refractivity contribution in [2.75, 3.05) is 26.3 Å². The van der Waals surface area contributed by atoms with Gasteiger partial charge in [-0.2, -0.15) is 0 Å². The van der Waals surface area contributed by atoms with Crippen LogP contribution in [0.2, 0.25) is 0 Å². The molecule has 59 valence electrons. The first-order valence-electron chi connectivity index (χ1n) is 3.91. The molecule has 0 amide bonds. The van der Waals surface area contributed by atoms with E-state index in [-0.39, 0.29) is 6.17 Å². The molecule has 1 fully saturated rings. The highest BCUT2D eigenvalue weighted by atomic mass is 16.5.